The fraction of sp³-hybridized carbons (Fsp3) is 0.0357. The third-order valence-electron chi connectivity index (χ3n) is 12.5. The van der Waals surface area contributed by atoms with Crippen LogP contribution in [0.25, 0.3) is 121 Å². The Labute approximate surface area is 327 Å². The van der Waals surface area contributed by atoms with Gasteiger partial charge in [-0.25, -0.2) is 0 Å². The third kappa shape index (κ3) is 4.19. The lowest BCUT2D eigenvalue weighted by molar-refractivity contribution is 1.43. The summed E-state index contributed by atoms with van der Waals surface area (Å²) < 4.78 is 0. The largest absolute Gasteiger partial charge is 0.0622 e. The van der Waals surface area contributed by atoms with E-state index in [1.807, 2.05) is 0 Å². The Bertz CT molecular complexity index is 3170. The maximum atomic E-state index is 2.45. The van der Waals surface area contributed by atoms with Crippen molar-refractivity contribution in [2.75, 3.05) is 0 Å². The molecule has 0 heteroatoms. The second kappa shape index (κ2) is 11.7. The molecule has 10 aromatic rings. The standard InChI is InChI=1S/C56H36/c1-33-31-34(2)46-45(32-33)49(37-21-11-5-12-22-37)55-43-28-27-41-51-42(29-30-44(52(43)51)56(55)50(46)38-23-13-6-14-24-38)54-48(36-19-9-4-10-20-36)40-26-16-15-25-39(40)47(53(41)54)35-17-7-3-8-18-35/h3-32H,1-2H3. The molecule has 0 N–H and O–H groups in total. The quantitative estimate of drug-likeness (QED) is 0.171. The number of aryl methyl sites for hydroxylation is 2. The highest BCUT2D eigenvalue weighted by Crippen LogP contribution is 2.64. The van der Waals surface area contributed by atoms with Gasteiger partial charge in [0.25, 0.3) is 0 Å². The first-order valence-electron chi connectivity index (χ1n) is 19.7. The minimum absolute atomic E-state index is 1.25. The molecular formula is C56H36. The van der Waals surface area contributed by atoms with E-state index in [1.165, 1.54) is 132 Å². The van der Waals surface area contributed by atoms with Crippen molar-refractivity contribution in [2.24, 2.45) is 0 Å². The van der Waals surface area contributed by atoms with Crippen LogP contribution in [0.1, 0.15) is 11.1 Å². The van der Waals surface area contributed by atoms with Gasteiger partial charge in [-0.1, -0.05) is 188 Å². The van der Waals surface area contributed by atoms with Gasteiger partial charge in [0.1, 0.15) is 0 Å². The van der Waals surface area contributed by atoms with Crippen LogP contribution in [-0.2, 0) is 0 Å². The molecule has 2 aliphatic rings. The van der Waals surface area contributed by atoms with Gasteiger partial charge in [-0.15, -0.1) is 0 Å². The number of hydrogen-bond acceptors (Lipinski definition) is 0. The molecule has 0 fully saturated rings. The lowest BCUT2D eigenvalue weighted by Crippen LogP contribution is -1.96. The van der Waals surface area contributed by atoms with E-state index in [-0.39, 0.29) is 0 Å². The van der Waals surface area contributed by atoms with Crippen LogP contribution in [0, 0.1) is 13.8 Å². The summed E-state index contributed by atoms with van der Waals surface area (Å²) in [5.74, 6) is 0. The molecule has 0 atom stereocenters. The Kier molecular flexibility index (Phi) is 6.57. The van der Waals surface area contributed by atoms with E-state index in [0.717, 1.165) is 0 Å². The Morgan fingerprint density at radius 3 is 0.964 bits per heavy atom. The molecule has 56 heavy (non-hydrogen) atoms. The highest BCUT2D eigenvalue weighted by molar-refractivity contribution is 6.35. The van der Waals surface area contributed by atoms with E-state index in [9.17, 15) is 0 Å². The van der Waals surface area contributed by atoms with Crippen molar-refractivity contribution in [3.8, 4) is 89.0 Å². The van der Waals surface area contributed by atoms with Crippen LogP contribution >= 0.6 is 0 Å². The van der Waals surface area contributed by atoms with Gasteiger partial charge in [-0.05, 0) is 141 Å². The van der Waals surface area contributed by atoms with E-state index >= 15 is 0 Å². The molecule has 0 heterocycles. The van der Waals surface area contributed by atoms with Gasteiger partial charge >= 0.3 is 0 Å². The highest BCUT2D eigenvalue weighted by Gasteiger charge is 2.37. The molecule has 12 rings (SSSR count). The van der Waals surface area contributed by atoms with Crippen LogP contribution in [0.3, 0.4) is 0 Å². The lowest BCUT2D eigenvalue weighted by atomic mass is 9.80. The van der Waals surface area contributed by atoms with E-state index in [2.05, 4.69) is 196 Å². The molecule has 0 aliphatic heterocycles. The van der Waals surface area contributed by atoms with Crippen molar-refractivity contribution in [2.45, 2.75) is 13.8 Å². The number of rotatable bonds is 4. The summed E-state index contributed by atoms with van der Waals surface area (Å²) >= 11 is 0. The number of benzene rings is 10. The smallest absolute Gasteiger partial charge is 0.000730 e. The second-order valence-corrected chi connectivity index (χ2v) is 15.6. The fourth-order valence-electron chi connectivity index (χ4n) is 10.5. The van der Waals surface area contributed by atoms with Gasteiger partial charge in [0.2, 0.25) is 0 Å². The predicted octanol–water partition coefficient (Wildman–Crippen LogP) is 15.7. The number of fused-ring (bicyclic) bond motifs is 8. The minimum atomic E-state index is 1.25. The van der Waals surface area contributed by atoms with E-state index < -0.39 is 0 Å². The first-order valence-corrected chi connectivity index (χ1v) is 19.7. The van der Waals surface area contributed by atoms with Crippen molar-refractivity contribution in [1.82, 2.24) is 0 Å². The van der Waals surface area contributed by atoms with Crippen molar-refractivity contribution in [1.29, 1.82) is 0 Å². The molecule has 0 saturated heterocycles. The average molecular weight is 709 g/mol. The molecule has 2 aliphatic carbocycles. The minimum Gasteiger partial charge on any atom is -0.0622 e. The van der Waals surface area contributed by atoms with Crippen molar-refractivity contribution < 1.29 is 0 Å². The van der Waals surface area contributed by atoms with Crippen LogP contribution < -0.4 is 0 Å². The molecule has 0 bridgehead atoms. The molecule has 260 valence electrons. The predicted molar refractivity (Wildman–Crippen MR) is 239 cm³/mol. The summed E-state index contributed by atoms with van der Waals surface area (Å²) in [5.41, 5.74) is 23.6. The monoisotopic (exact) mass is 708 g/mol. The maximum absolute atomic E-state index is 2.45. The summed E-state index contributed by atoms with van der Waals surface area (Å²) in [4.78, 5) is 0. The number of hydrogen-bond donors (Lipinski definition) is 0. The van der Waals surface area contributed by atoms with E-state index in [0.29, 0.717) is 0 Å². The first kappa shape index (κ1) is 31.3. The third-order valence-corrected chi connectivity index (χ3v) is 12.5. The van der Waals surface area contributed by atoms with E-state index in [4.69, 9.17) is 0 Å². The Balaban J connectivity index is 1.29. The van der Waals surface area contributed by atoms with Crippen LogP contribution in [0.5, 0.6) is 0 Å². The average Bonchev–Trinajstić information content (AvgIpc) is 3.75. The van der Waals surface area contributed by atoms with Gasteiger partial charge in [-0.2, -0.15) is 0 Å². The molecule has 0 unspecified atom stereocenters. The Morgan fingerprint density at radius 1 is 0.250 bits per heavy atom. The van der Waals surface area contributed by atoms with Gasteiger partial charge in [0, 0.05) is 0 Å². The summed E-state index contributed by atoms with van der Waals surface area (Å²) in [6, 6.07) is 67.9. The zero-order valence-electron chi connectivity index (χ0n) is 31.3. The lowest BCUT2D eigenvalue weighted by Gasteiger charge is -2.22. The molecule has 0 saturated carbocycles. The Hall–Kier alpha value is -7.02. The van der Waals surface area contributed by atoms with Crippen molar-refractivity contribution in [3.05, 3.63) is 193 Å². The summed E-state index contributed by atoms with van der Waals surface area (Å²) in [6.45, 7) is 4.54. The van der Waals surface area contributed by atoms with Crippen molar-refractivity contribution >= 4 is 32.3 Å². The van der Waals surface area contributed by atoms with Crippen LogP contribution in [-0.4, -0.2) is 0 Å². The summed E-state index contributed by atoms with van der Waals surface area (Å²) in [6.07, 6.45) is 0. The molecule has 0 spiro atoms. The second-order valence-electron chi connectivity index (χ2n) is 15.6. The zero-order chi connectivity index (χ0) is 37.1. The molecule has 10 aromatic carbocycles. The van der Waals surface area contributed by atoms with Crippen LogP contribution in [0.2, 0.25) is 0 Å². The molecule has 0 nitrogen and oxygen atoms in total. The van der Waals surface area contributed by atoms with Gasteiger partial charge in [-0.3, -0.25) is 0 Å². The normalized spacial score (nSPS) is 12.1. The first-order chi connectivity index (χ1) is 27.7. The SMILES string of the molecule is Cc1cc(C)c2c(-c3ccccc3)c3c(c(-c4ccccc4)c2c1)-c1ccc2c4c(ccc-3c14)-c1c-2c(-c2ccccc2)c2ccccc2c1-c1ccccc1. The maximum Gasteiger partial charge on any atom is -0.000730 e. The highest BCUT2D eigenvalue weighted by atomic mass is 14.4. The van der Waals surface area contributed by atoms with E-state index in [1.54, 1.807) is 0 Å². The topological polar surface area (TPSA) is 0 Å². The van der Waals surface area contributed by atoms with Gasteiger partial charge < -0.3 is 0 Å². The molecular weight excluding hydrogens is 673 g/mol. The summed E-state index contributed by atoms with van der Waals surface area (Å²) in [7, 11) is 0. The van der Waals surface area contributed by atoms with Crippen molar-refractivity contribution in [3.63, 3.8) is 0 Å². The van der Waals surface area contributed by atoms with Gasteiger partial charge in [0.05, 0.1) is 0 Å². The zero-order valence-corrected chi connectivity index (χ0v) is 31.3. The summed E-state index contributed by atoms with van der Waals surface area (Å²) in [5, 5.41) is 7.97. The van der Waals surface area contributed by atoms with Crippen LogP contribution in [0.15, 0.2) is 182 Å². The molecule has 0 radical (unpaired) electrons. The molecule has 0 aromatic heterocycles. The Morgan fingerprint density at radius 2 is 0.571 bits per heavy atom. The fourth-order valence-corrected chi connectivity index (χ4v) is 10.5. The molecule has 0 amide bonds. The van der Waals surface area contributed by atoms with Crippen LogP contribution in [0.4, 0.5) is 0 Å². The van der Waals surface area contributed by atoms with Gasteiger partial charge in [0.15, 0.2) is 0 Å².